The molecule has 2 aliphatic rings. The Morgan fingerprint density at radius 1 is 0.839 bits per heavy atom. The molecule has 1 saturated heterocycles. The molecule has 1 spiro atoms. The maximum absolute atomic E-state index is 13.4. The highest BCUT2D eigenvalue weighted by molar-refractivity contribution is 7.48. The molecule has 1 aliphatic carbocycles. The van der Waals surface area contributed by atoms with Crippen LogP contribution in [0.1, 0.15) is 36.8 Å². The van der Waals surface area contributed by atoms with Gasteiger partial charge in [0.15, 0.2) is 5.79 Å². The molecule has 1 heterocycles. The summed E-state index contributed by atoms with van der Waals surface area (Å²) in [4.78, 5) is 0. The second-order valence-electron chi connectivity index (χ2n) is 7.93. The predicted octanol–water partition coefficient (Wildman–Crippen LogP) is 4.56. The average Bonchev–Trinajstić information content (AvgIpc) is 3.42. The third kappa shape index (κ3) is 6.02. The van der Waals surface area contributed by atoms with Crippen molar-refractivity contribution >= 4 is 7.82 Å². The monoisotopic (exact) mass is 447 g/mol. The van der Waals surface area contributed by atoms with Gasteiger partial charge >= 0.3 is 7.82 Å². The second-order valence-corrected chi connectivity index (χ2v) is 9.60. The van der Waals surface area contributed by atoms with Gasteiger partial charge in [-0.2, -0.15) is 0 Å². The molecule has 1 aliphatic heterocycles. The van der Waals surface area contributed by atoms with Gasteiger partial charge in [0.25, 0.3) is 0 Å². The molecule has 0 radical (unpaired) electrons. The Bertz CT molecular complexity index is 811. The first-order chi connectivity index (χ1) is 15.1. The van der Waals surface area contributed by atoms with Gasteiger partial charge in [-0.15, -0.1) is 0 Å². The third-order valence-corrected chi connectivity index (χ3v) is 6.96. The normalized spacial score (nSPS) is 22.9. The molecular weight excluding hydrogens is 417 g/mol. The number of nitrogens with two attached hydrogens (primary N) is 1. The van der Waals surface area contributed by atoms with E-state index >= 15 is 0 Å². The zero-order chi connectivity index (χ0) is 21.6. The Labute approximate surface area is 183 Å². The largest absolute Gasteiger partial charge is 0.475 e. The van der Waals surface area contributed by atoms with Gasteiger partial charge in [0, 0.05) is 19.4 Å². The van der Waals surface area contributed by atoms with Crippen LogP contribution in [0, 0.1) is 0 Å². The quantitative estimate of drug-likeness (QED) is 0.534. The van der Waals surface area contributed by atoms with E-state index in [9.17, 15) is 4.57 Å². The van der Waals surface area contributed by atoms with Crippen molar-refractivity contribution in [1.82, 2.24) is 0 Å². The van der Waals surface area contributed by atoms with E-state index in [1.165, 1.54) is 0 Å². The SMILES string of the molecule is NC[C@@H]1OC2(CCCC2)O[C@H]1COP(=O)(OCc1ccccc1)OCc1ccccc1. The van der Waals surface area contributed by atoms with E-state index < -0.39 is 19.7 Å². The number of phosphoric acid groups is 1. The molecule has 0 bridgehead atoms. The van der Waals surface area contributed by atoms with Gasteiger partial charge in [0.2, 0.25) is 0 Å². The smallest absolute Gasteiger partial charge is 0.343 e. The summed E-state index contributed by atoms with van der Waals surface area (Å²) in [5.74, 6) is -0.585. The zero-order valence-electron chi connectivity index (χ0n) is 17.6. The minimum absolute atomic E-state index is 0.0183. The van der Waals surface area contributed by atoms with Crippen molar-refractivity contribution in [1.29, 1.82) is 0 Å². The molecule has 168 valence electrons. The molecule has 0 amide bonds. The number of rotatable bonds is 10. The molecule has 2 aromatic rings. The maximum atomic E-state index is 13.4. The van der Waals surface area contributed by atoms with E-state index in [0.29, 0.717) is 6.54 Å². The number of phosphoric ester groups is 1. The fraction of sp³-hybridized carbons (Fsp3) is 0.478. The molecule has 31 heavy (non-hydrogen) atoms. The van der Waals surface area contributed by atoms with E-state index in [0.717, 1.165) is 36.8 Å². The molecule has 4 rings (SSSR count). The summed E-state index contributed by atoms with van der Waals surface area (Å²) in [6.45, 7) is 0.540. The summed E-state index contributed by atoms with van der Waals surface area (Å²) in [5, 5.41) is 0. The Balaban J connectivity index is 1.41. The van der Waals surface area contributed by atoms with Crippen LogP contribution in [0.2, 0.25) is 0 Å². The van der Waals surface area contributed by atoms with Gasteiger partial charge in [0.05, 0.1) is 19.8 Å². The van der Waals surface area contributed by atoms with Gasteiger partial charge in [0.1, 0.15) is 12.2 Å². The lowest BCUT2D eigenvalue weighted by atomic mass is 10.2. The highest BCUT2D eigenvalue weighted by Gasteiger charge is 2.49. The Kier molecular flexibility index (Phi) is 7.56. The molecule has 7 nitrogen and oxygen atoms in total. The summed E-state index contributed by atoms with van der Waals surface area (Å²) >= 11 is 0. The zero-order valence-corrected chi connectivity index (χ0v) is 18.5. The van der Waals surface area contributed by atoms with Gasteiger partial charge in [-0.05, 0) is 24.0 Å². The number of hydrogen-bond acceptors (Lipinski definition) is 7. The molecule has 2 aromatic carbocycles. The van der Waals surface area contributed by atoms with Crippen molar-refractivity contribution in [2.45, 2.75) is 56.9 Å². The minimum atomic E-state index is -3.86. The van der Waals surface area contributed by atoms with Crippen LogP contribution < -0.4 is 5.73 Å². The minimum Gasteiger partial charge on any atom is -0.343 e. The Morgan fingerprint density at radius 3 is 1.87 bits per heavy atom. The summed E-state index contributed by atoms with van der Waals surface area (Å²) < 4.78 is 42.8. The lowest BCUT2D eigenvalue weighted by Gasteiger charge is -2.23. The molecule has 2 N–H and O–H groups in total. The first-order valence-corrected chi connectivity index (χ1v) is 12.2. The number of hydrogen-bond donors (Lipinski definition) is 1. The van der Waals surface area contributed by atoms with Crippen LogP contribution in [0.15, 0.2) is 60.7 Å². The maximum Gasteiger partial charge on any atom is 0.475 e. The highest BCUT2D eigenvalue weighted by Crippen LogP contribution is 2.52. The van der Waals surface area contributed by atoms with Gasteiger partial charge in [-0.1, -0.05) is 60.7 Å². The Morgan fingerprint density at radius 2 is 1.35 bits per heavy atom. The van der Waals surface area contributed by atoms with E-state index in [1.54, 1.807) is 0 Å². The van der Waals surface area contributed by atoms with Crippen LogP contribution in [0.5, 0.6) is 0 Å². The van der Waals surface area contributed by atoms with Crippen molar-refractivity contribution in [3.63, 3.8) is 0 Å². The summed E-state index contributed by atoms with van der Waals surface area (Å²) in [6.07, 6.45) is 3.07. The lowest BCUT2D eigenvalue weighted by Crippen LogP contribution is -2.33. The first kappa shape index (κ1) is 22.6. The fourth-order valence-corrected chi connectivity index (χ4v) is 5.12. The van der Waals surface area contributed by atoms with E-state index in [4.69, 9.17) is 28.8 Å². The topological polar surface area (TPSA) is 89.2 Å². The average molecular weight is 447 g/mol. The van der Waals surface area contributed by atoms with Crippen molar-refractivity contribution < 1.29 is 27.6 Å². The van der Waals surface area contributed by atoms with Crippen LogP contribution in [0.4, 0.5) is 0 Å². The van der Waals surface area contributed by atoms with Crippen LogP contribution in [-0.4, -0.2) is 31.1 Å². The number of ether oxygens (including phenoxy) is 2. The first-order valence-electron chi connectivity index (χ1n) is 10.8. The van der Waals surface area contributed by atoms with Gasteiger partial charge in [-0.3, -0.25) is 13.6 Å². The van der Waals surface area contributed by atoms with Crippen LogP contribution in [0.25, 0.3) is 0 Å². The Hall–Kier alpha value is -1.57. The number of benzene rings is 2. The van der Waals surface area contributed by atoms with Crippen molar-refractivity contribution in [3.8, 4) is 0 Å². The molecule has 0 unspecified atom stereocenters. The standard InChI is InChI=1S/C23H30NO6P/c24-15-21-22(30-23(29-21)13-7-8-14-23)18-28-31(25,26-16-19-9-3-1-4-10-19)27-17-20-11-5-2-6-12-20/h1-6,9-12,21-22H,7-8,13-18,24H2/t21-,22-/m0/s1. The highest BCUT2D eigenvalue weighted by atomic mass is 31.2. The second kappa shape index (κ2) is 10.4. The molecule has 8 heteroatoms. The summed E-state index contributed by atoms with van der Waals surface area (Å²) in [5.41, 5.74) is 7.64. The fourth-order valence-electron chi connectivity index (χ4n) is 3.95. The van der Waals surface area contributed by atoms with Gasteiger partial charge < -0.3 is 15.2 Å². The predicted molar refractivity (Wildman–Crippen MR) is 116 cm³/mol. The van der Waals surface area contributed by atoms with Crippen molar-refractivity contribution in [2.75, 3.05) is 13.2 Å². The molecule has 0 aromatic heterocycles. The van der Waals surface area contributed by atoms with Crippen molar-refractivity contribution in [3.05, 3.63) is 71.8 Å². The molecular formula is C23H30NO6P. The molecule has 2 fully saturated rings. The van der Waals surface area contributed by atoms with Gasteiger partial charge in [-0.25, -0.2) is 4.57 Å². The van der Waals surface area contributed by atoms with Crippen LogP contribution >= 0.6 is 7.82 Å². The van der Waals surface area contributed by atoms with E-state index in [2.05, 4.69) is 0 Å². The summed E-state index contributed by atoms with van der Waals surface area (Å²) in [6, 6.07) is 19.0. The van der Waals surface area contributed by atoms with E-state index in [1.807, 2.05) is 60.7 Å². The molecule has 2 atom stereocenters. The molecule has 1 saturated carbocycles. The van der Waals surface area contributed by atoms with Crippen LogP contribution in [-0.2, 0) is 40.8 Å². The summed E-state index contributed by atoms with van der Waals surface area (Å²) in [7, 11) is -3.86. The lowest BCUT2D eigenvalue weighted by molar-refractivity contribution is -0.170. The van der Waals surface area contributed by atoms with Crippen LogP contribution in [0.3, 0.4) is 0 Å². The third-order valence-electron chi connectivity index (χ3n) is 5.61. The van der Waals surface area contributed by atoms with E-state index in [-0.39, 0.29) is 25.9 Å². The van der Waals surface area contributed by atoms with Crippen molar-refractivity contribution in [2.24, 2.45) is 5.73 Å².